The summed E-state index contributed by atoms with van der Waals surface area (Å²) in [5.74, 6) is 0. The van der Waals surface area contributed by atoms with Gasteiger partial charge in [0.1, 0.15) is 0 Å². The van der Waals surface area contributed by atoms with Gasteiger partial charge in [-0.2, -0.15) is 0 Å². The number of fused-ring (bicyclic) bond motifs is 2. The van der Waals surface area contributed by atoms with Crippen molar-refractivity contribution in [3.8, 4) is 44.5 Å². The van der Waals surface area contributed by atoms with Crippen LogP contribution in [0.2, 0.25) is 0 Å². The molecule has 1 aliphatic carbocycles. The Morgan fingerprint density at radius 3 is 1.35 bits per heavy atom. The summed E-state index contributed by atoms with van der Waals surface area (Å²) < 4.78 is 0. The maximum atomic E-state index is 6.47. The molecule has 0 unspecified atom stereocenters. The minimum atomic E-state index is 0.880. The molecule has 8 rings (SSSR count). The number of nitrogens with zero attached hydrogens (tertiary/aromatic N) is 1. The van der Waals surface area contributed by atoms with Crippen LogP contribution in [0, 0.1) is 0 Å². The number of rotatable bonds is 8. The van der Waals surface area contributed by atoms with E-state index in [0.717, 1.165) is 31.5 Å². The Bertz CT molecular complexity index is 2250. The van der Waals surface area contributed by atoms with Crippen molar-refractivity contribution < 1.29 is 0 Å². The van der Waals surface area contributed by atoms with Gasteiger partial charge in [-0.15, -0.1) is 0 Å². The summed E-state index contributed by atoms with van der Waals surface area (Å²) in [6.45, 7) is 3.18. The fourth-order valence-corrected chi connectivity index (χ4v) is 7.48. The van der Waals surface area contributed by atoms with E-state index in [4.69, 9.17) is 5.73 Å². The smallest absolute Gasteiger partial charge is 0.0509 e. The second kappa shape index (κ2) is 13.3. The van der Waals surface area contributed by atoms with Crippen LogP contribution in [-0.4, -0.2) is 6.54 Å². The van der Waals surface area contributed by atoms with Gasteiger partial charge >= 0.3 is 0 Å². The first-order valence-corrected chi connectivity index (χ1v) is 17.4. The molecule has 0 saturated carbocycles. The fraction of sp³-hybridized carbons (Fsp3) is 0.106. The number of benzene rings is 7. The number of nitrogens with two attached hydrogens (primary N) is 1. The lowest BCUT2D eigenvalue weighted by Crippen LogP contribution is -2.27. The molecule has 0 atom stereocenters. The molecule has 0 aromatic heterocycles. The van der Waals surface area contributed by atoms with Crippen LogP contribution in [0.1, 0.15) is 26.2 Å². The monoisotopic (exact) mass is 632 g/mol. The zero-order valence-electron chi connectivity index (χ0n) is 27.9. The van der Waals surface area contributed by atoms with E-state index in [0.29, 0.717) is 0 Å². The van der Waals surface area contributed by atoms with Gasteiger partial charge in [0, 0.05) is 17.9 Å². The Kier molecular flexibility index (Phi) is 8.29. The van der Waals surface area contributed by atoms with Crippen LogP contribution >= 0.6 is 0 Å². The summed E-state index contributed by atoms with van der Waals surface area (Å²) >= 11 is 0. The van der Waals surface area contributed by atoms with Crippen molar-refractivity contribution in [3.63, 3.8) is 0 Å². The minimum Gasteiger partial charge on any atom is -0.397 e. The minimum absolute atomic E-state index is 0.880. The van der Waals surface area contributed by atoms with Crippen LogP contribution in [0.25, 0.3) is 66.1 Å². The van der Waals surface area contributed by atoms with Crippen molar-refractivity contribution in [3.05, 3.63) is 175 Å². The van der Waals surface area contributed by atoms with Gasteiger partial charge in [0.15, 0.2) is 0 Å². The first-order chi connectivity index (χ1) is 24.2. The molecular weight excluding hydrogens is 593 g/mol. The lowest BCUT2D eigenvalue weighted by atomic mass is 9.85. The summed E-state index contributed by atoms with van der Waals surface area (Å²) in [5, 5.41) is 5.05. The van der Waals surface area contributed by atoms with Crippen LogP contribution in [0.4, 0.5) is 5.69 Å². The first-order valence-electron chi connectivity index (χ1n) is 17.4. The van der Waals surface area contributed by atoms with Crippen molar-refractivity contribution in [1.82, 2.24) is 0 Å². The lowest BCUT2D eigenvalue weighted by molar-refractivity contribution is 0.782. The normalized spacial score (nSPS) is 12.9. The highest BCUT2D eigenvalue weighted by atomic mass is 15.1. The van der Waals surface area contributed by atoms with Gasteiger partial charge in [0.2, 0.25) is 0 Å². The molecule has 0 heterocycles. The van der Waals surface area contributed by atoms with Crippen molar-refractivity contribution in [2.45, 2.75) is 26.2 Å². The van der Waals surface area contributed by atoms with Gasteiger partial charge < -0.3 is 10.6 Å². The van der Waals surface area contributed by atoms with E-state index in [1.165, 1.54) is 77.4 Å². The molecule has 0 radical (unpaired) electrons. The van der Waals surface area contributed by atoms with E-state index >= 15 is 0 Å². The number of hydrogen-bond acceptors (Lipinski definition) is 2. The third-order valence-electron chi connectivity index (χ3n) is 9.85. The predicted octanol–water partition coefficient (Wildman–Crippen LogP) is 12.4. The zero-order chi connectivity index (χ0) is 33.2. The molecule has 2 heteroatoms. The third-order valence-corrected chi connectivity index (χ3v) is 9.85. The van der Waals surface area contributed by atoms with Crippen LogP contribution < -0.4 is 10.6 Å². The Labute approximate surface area is 289 Å². The fourth-order valence-electron chi connectivity index (χ4n) is 7.48. The Hall–Kier alpha value is -5.86. The molecule has 238 valence electrons. The highest BCUT2D eigenvalue weighted by Crippen LogP contribution is 2.44. The van der Waals surface area contributed by atoms with E-state index < -0.39 is 0 Å². The second-order valence-corrected chi connectivity index (χ2v) is 12.9. The third kappa shape index (κ3) is 5.81. The molecule has 0 saturated heterocycles. The maximum absolute atomic E-state index is 6.47. The largest absolute Gasteiger partial charge is 0.397 e. The SMILES string of the molecule is CCCN(C1=C(N)C=CCC1)c1ccc(-c2c3ccccc3c(-c3ccc(-c4ccc(-c5ccccc5)cc4)cc3)c3ccccc23)cc1. The molecule has 7 aromatic carbocycles. The van der Waals surface area contributed by atoms with Gasteiger partial charge in [0.05, 0.1) is 5.70 Å². The predicted molar refractivity (Wildman–Crippen MR) is 210 cm³/mol. The average Bonchev–Trinajstić information content (AvgIpc) is 3.17. The summed E-state index contributed by atoms with van der Waals surface area (Å²) in [7, 11) is 0. The topological polar surface area (TPSA) is 29.3 Å². The summed E-state index contributed by atoms with van der Waals surface area (Å²) in [6.07, 6.45) is 7.30. The van der Waals surface area contributed by atoms with Crippen molar-refractivity contribution >= 4 is 27.2 Å². The Morgan fingerprint density at radius 2 is 0.898 bits per heavy atom. The van der Waals surface area contributed by atoms with E-state index in [2.05, 4.69) is 176 Å². The molecule has 0 aliphatic heterocycles. The van der Waals surface area contributed by atoms with Crippen LogP contribution in [0.15, 0.2) is 175 Å². The quantitative estimate of drug-likeness (QED) is 0.169. The van der Waals surface area contributed by atoms with Crippen LogP contribution in [-0.2, 0) is 0 Å². The second-order valence-electron chi connectivity index (χ2n) is 12.9. The molecule has 1 aliphatic rings. The molecule has 2 N–H and O–H groups in total. The highest BCUT2D eigenvalue weighted by Gasteiger charge is 2.19. The Balaban J connectivity index is 1.19. The number of hydrogen-bond donors (Lipinski definition) is 1. The van der Waals surface area contributed by atoms with Crippen LogP contribution in [0.3, 0.4) is 0 Å². The van der Waals surface area contributed by atoms with Crippen molar-refractivity contribution in [2.24, 2.45) is 5.73 Å². The summed E-state index contributed by atoms with van der Waals surface area (Å²) in [5.41, 5.74) is 19.7. The number of allylic oxidation sites excluding steroid dienone is 3. The van der Waals surface area contributed by atoms with E-state index in [1.807, 2.05) is 0 Å². The van der Waals surface area contributed by atoms with Crippen molar-refractivity contribution in [1.29, 1.82) is 0 Å². The zero-order valence-corrected chi connectivity index (χ0v) is 27.9. The van der Waals surface area contributed by atoms with E-state index in [-0.39, 0.29) is 0 Å². The summed E-state index contributed by atoms with van der Waals surface area (Å²) in [4.78, 5) is 2.41. The highest BCUT2D eigenvalue weighted by molar-refractivity contribution is 6.21. The molecule has 49 heavy (non-hydrogen) atoms. The molecule has 0 bridgehead atoms. The van der Waals surface area contributed by atoms with E-state index in [1.54, 1.807) is 0 Å². The van der Waals surface area contributed by atoms with Gasteiger partial charge in [-0.25, -0.2) is 0 Å². The molecular formula is C47H40N2. The van der Waals surface area contributed by atoms with Gasteiger partial charge in [-0.05, 0) is 104 Å². The van der Waals surface area contributed by atoms with Gasteiger partial charge in [0.25, 0.3) is 0 Å². The van der Waals surface area contributed by atoms with E-state index in [9.17, 15) is 0 Å². The molecule has 7 aromatic rings. The Morgan fingerprint density at radius 1 is 0.490 bits per heavy atom. The average molecular weight is 633 g/mol. The maximum Gasteiger partial charge on any atom is 0.0509 e. The number of anilines is 1. The first kappa shape index (κ1) is 30.5. The van der Waals surface area contributed by atoms with Gasteiger partial charge in [-0.3, -0.25) is 0 Å². The standard InChI is InChI=1S/C47H40N2/c1-2-32-49(45-19-11-10-18-44(45)48)39-30-28-38(29-31-39)47-42-16-8-6-14-40(42)46(41-15-7-9-17-43(41)47)37-26-24-36(25-27-37)35-22-20-34(21-23-35)33-12-4-3-5-13-33/h3-10,12-18,20-31H,2,11,19,32,48H2,1H3. The molecule has 0 fully saturated rings. The van der Waals surface area contributed by atoms with Crippen molar-refractivity contribution in [2.75, 3.05) is 11.4 Å². The molecule has 2 nitrogen and oxygen atoms in total. The lowest BCUT2D eigenvalue weighted by Gasteiger charge is -2.30. The van der Waals surface area contributed by atoms with Gasteiger partial charge in [-0.1, -0.05) is 153 Å². The van der Waals surface area contributed by atoms with Crippen LogP contribution in [0.5, 0.6) is 0 Å². The molecule has 0 amide bonds. The molecule has 0 spiro atoms. The summed E-state index contributed by atoms with van der Waals surface area (Å²) in [6, 6.07) is 55.4.